The Bertz CT molecular complexity index is 1060. The summed E-state index contributed by atoms with van der Waals surface area (Å²) in [7, 11) is 0. The minimum atomic E-state index is -4.38. The normalized spacial score (nSPS) is 17.2. The number of hydrogen-bond donors (Lipinski definition) is 1. The number of carbonyl (C=O) groups is 1. The first-order valence-electron chi connectivity index (χ1n) is 9.94. The lowest BCUT2D eigenvalue weighted by Crippen LogP contribution is -2.39. The molecule has 0 saturated carbocycles. The maximum atomic E-state index is 13.1. The number of piperidine rings is 1. The SMILES string of the molecule is CC1CCCN(C(=O)c2cnc(Nc3ccc(C(F)(F)F)cc3)c3ccccc23)C1. The molecule has 1 aliphatic rings. The third-order valence-corrected chi connectivity index (χ3v) is 5.44. The van der Waals surface area contributed by atoms with Gasteiger partial charge < -0.3 is 10.2 Å². The van der Waals surface area contributed by atoms with Gasteiger partial charge in [-0.2, -0.15) is 13.2 Å². The molecule has 1 amide bonds. The molecule has 1 N–H and O–H groups in total. The average molecular weight is 413 g/mol. The van der Waals surface area contributed by atoms with E-state index in [4.69, 9.17) is 0 Å². The van der Waals surface area contributed by atoms with Crippen LogP contribution in [0.25, 0.3) is 10.8 Å². The number of likely N-dealkylation sites (tertiary alicyclic amines) is 1. The standard InChI is InChI=1S/C23H22F3N3O/c1-15-5-4-12-29(14-15)22(30)20-13-27-21(19-7-3-2-6-18(19)20)28-17-10-8-16(9-11-17)23(24,25)26/h2-3,6-11,13,15H,4-5,12,14H2,1H3,(H,27,28). The highest BCUT2D eigenvalue weighted by atomic mass is 19.4. The second kappa shape index (κ2) is 7.97. The lowest BCUT2D eigenvalue weighted by Gasteiger charge is -2.31. The Morgan fingerprint density at radius 2 is 1.80 bits per heavy atom. The van der Waals surface area contributed by atoms with Crippen LogP contribution in [0.4, 0.5) is 24.7 Å². The van der Waals surface area contributed by atoms with Crippen molar-refractivity contribution in [2.24, 2.45) is 5.92 Å². The van der Waals surface area contributed by atoms with Gasteiger partial charge in [0.25, 0.3) is 5.91 Å². The van der Waals surface area contributed by atoms with Gasteiger partial charge in [0.2, 0.25) is 0 Å². The van der Waals surface area contributed by atoms with Crippen LogP contribution in [0, 0.1) is 5.92 Å². The van der Waals surface area contributed by atoms with Gasteiger partial charge in [-0.05, 0) is 48.4 Å². The topological polar surface area (TPSA) is 45.2 Å². The zero-order valence-electron chi connectivity index (χ0n) is 16.5. The molecular weight excluding hydrogens is 391 g/mol. The number of halogens is 3. The molecule has 7 heteroatoms. The largest absolute Gasteiger partial charge is 0.416 e. The van der Waals surface area contributed by atoms with Crippen molar-refractivity contribution in [3.8, 4) is 0 Å². The van der Waals surface area contributed by atoms with Gasteiger partial charge in [0.05, 0.1) is 11.1 Å². The van der Waals surface area contributed by atoms with Gasteiger partial charge >= 0.3 is 6.18 Å². The molecule has 1 aromatic heterocycles. The van der Waals surface area contributed by atoms with Gasteiger partial charge in [0.1, 0.15) is 5.82 Å². The van der Waals surface area contributed by atoms with Gasteiger partial charge in [-0.25, -0.2) is 4.98 Å². The second-order valence-electron chi connectivity index (χ2n) is 7.76. The molecule has 0 radical (unpaired) electrons. The van der Waals surface area contributed by atoms with Crippen molar-refractivity contribution in [1.29, 1.82) is 0 Å². The smallest absolute Gasteiger partial charge is 0.340 e. The van der Waals surface area contributed by atoms with Crippen molar-refractivity contribution in [2.75, 3.05) is 18.4 Å². The first-order valence-corrected chi connectivity index (χ1v) is 9.94. The zero-order valence-corrected chi connectivity index (χ0v) is 16.5. The fraction of sp³-hybridized carbons (Fsp3) is 0.304. The van der Waals surface area contributed by atoms with Crippen molar-refractivity contribution in [3.63, 3.8) is 0 Å². The van der Waals surface area contributed by atoms with Crippen LogP contribution in [0.3, 0.4) is 0 Å². The quantitative estimate of drug-likeness (QED) is 0.584. The van der Waals surface area contributed by atoms with E-state index in [1.165, 1.54) is 12.1 Å². The van der Waals surface area contributed by atoms with Crippen molar-refractivity contribution in [2.45, 2.75) is 25.9 Å². The van der Waals surface area contributed by atoms with Crippen molar-refractivity contribution in [1.82, 2.24) is 9.88 Å². The number of benzene rings is 2. The maximum Gasteiger partial charge on any atom is 0.416 e. The van der Waals surface area contributed by atoms with Gasteiger partial charge in [0.15, 0.2) is 0 Å². The van der Waals surface area contributed by atoms with Crippen LogP contribution in [0.1, 0.15) is 35.7 Å². The van der Waals surface area contributed by atoms with Crippen molar-refractivity contribution < 1.29 is 18.0 Å². The number of amides is 1. The van der Waals surface area contributed by atoms with Crippen molar-refractivity contribution >= 4 is 28.2 Å². The summed E-state index contributed by atoms with van der Waals surface area (Å²) in [6, 6.07) is 12.2. The molecule has 1 saturated heterocycles. The molecule has 0 aliphatic carbocycles. The van der Waals surface area contributed by atoms with E-state index in [0.717, 1.165) is 48.8 Å². The number of pyridine rings is 1. The Morgan fingerprint density at radius 1 is 1.10 bits per heavy atom. The zero-order chi connectivity index (χ0) is 21.3. The van der Waals surface area contributed by atoms with E-state index in [2.05, 4.69) is 17.2 Å². The molecule has 4 nitrogen and oxygen atoms in total. The van der Waals surface area contributed by atoms with E-state index < -0.39 is 11.7 Å². The Labute approximate surface area is 172 Å². The summed E-state index contributed by atoms with van der Waals surface area (Å²) in [5.74, 6) is 0.933. The lowest BCUT2D eigenvalue weighted by molar-refractivity contribution is -0.137. The molecule has 1 unspecified atom stereocenters. The predicted molar refractivity (Wildman–Crippen MR) is 111 cm³/mol. The number of aromatic nitrogens is 1. The Morgan fingerprint density at radius 3 is 2.47 bits per heavy atom. The van der Waals surface area contributed by atoms with Crippen LogP contribution in [-0.2, 0) is 6.18 Å². The monoisotopic (exact) mass is 413 g/mol. The average Bonchev–Trinajstić information content (AvgIpc) is 2.73. The Balaban J connectivity index is 1.65. The highest BCUT2D eigenvalue weighted by Crippen LogP contribution is 2.32. The molecule has 2 aromatic carbocycles. The van der Waals surface area contributed by atoms with Crippen LogP contribution >= 0.6 is 0 Å². The first-order chi connectivity index (χ1) is 14.3. The molecular formula is C23H22F3N3O. The molecule has 1 fully saturated rings. The minimum Gasteiger partial charge on any atom is -0.340 e. The molecule has 2 heterocycles. The number of nitrogens with one attached hydrogen (secondary N) is 1. The van der Waals surface area contributed by atoms with Crippen LogP contribution in [0.2, 0.25) is 0 Å². The Kier molecular flexibility index (Phi) is 5.37. The molecule has 0 spiro atoms. The third-order valence-electron chi connectivity index (χ3n) is 5.44. The van der Waals surface area contributed by atoms with Crippen molar-refractivity contribution in [3.05, 3.63) is 65.9 Å². The van der Waals surface area contributed by atoms with Crippen LogP contribution in [-0.4, -0.2) is 28.9 Å². The number of anilines is 2. The molecule has 3 aromatic rings. The summed E-state index contributed by atoms with van der Waals surface area (Å²) in [5.41, 5.74) is 0.324. The van der Waals surface area contributed by atoms with E-state index in [0.29, 0.717) is 23.0 Å². The number of carbonyl (C=O) groups excluding carboxylic acids is 1. The lowest BCUT2D eigenvalue weighted by atomic mass is 9.98. The number of fused-ring (bicyclic) bond motifs is 1. The summed E-state index contributed by atoms with van der Waals surface area (Å²) < 4.78 is 38.4. The number of hydrogen-bond acceptors (Lipinski definition) is 3. The van der Waals surface area contributed by atoms with Crippen LogP contribution in [0.15, 0.2) is 54.7 Å². The first kappa shape index (κ1) is 20.2. The predicted octanol–water partition coefficient (Wildman–Crippen LogP) is 5.87. The fourth-order valence-corrected chi connectivity index (χ4v) is 3.89. The molecule has 1 atom stereocenters. The van der Waals surface area contributed by atoms with E-state index >= 15 is 0 Å². The highest BCUT2D eigenvalue weighted by Gasteiger charge is 2.30. The second-order valence-corrected chi connectivity index (χ2v) is 7.76. The summed E-state index contributed by atoms with van der Waals surface area (Å²) in [4.78, 5) is 19.4. The summed E-state index contributed by atoms with van der Waals surface area (Å²) in [5, 5.41) is 4.59. The van der Waals surface area contributed by atoms with E-state index in [1.807, 2.05) is 29.2 Å². The Hall–Kier alpha value is -3.09. The van der Waals surface area contributed by atoms with Crippen LogP contribution < -0.4 is 5.32 Å². The van der Waals surface area contributed by atoms with E-state index in [-0.39, 0.29) is 5.91 Å². The number of rotatable bonds is 3. The van der Waals surface area contributed by atoms with Gasteiger partial charge in [-0.1, -0.05) is 31.2 Å². The van der Waals surface area contributed by atoms with E-state index in [1.54, 1.807) is 6.20 Å². The summed E-state index contributed by atoms with van der Waals surface area (Å²) in [6.45, 7) is 3.62. The van der Waals surface area contributed by atoms with Crippen LogP contribution in [0.5, 0.6) is 0 Å². The molecule has 156 valence electrons. The molecule has 30 heavy (non-hydrogen) atoms. The van der Waals surface area contributed by atoms with Gasteiger partial charge in [-0.15, -0.1) is 0 Å². The maximum absolute atomic E-state index is 13.1. The third kappa shape index (κ3) is 4.10. The number of nitrogens with zero attached hydrogens (tertiary/aromatic N) is 2. The summed E-state index contributed by atoms with van der Waals surface area (Å²) >= 11 is 0. The number of alkyl halides is 3. The molecule has 4 rings (SSSR count). The fourth-order valence-electron chi connectivity index (χ4n) is 3.89. The van der Waals surface area contributed by atoms with Gasteiger partial charge in [-0.3, -0.25) is 4.79 Å². The molecule has 0 bridgehead atoms. The van der Waals surface area contributed by atoms with E-state index in [9.17, 15) is 18.0 Å². The minimum absolute atomic E-state index is 0.0358. The van der Waals surface area contributed by atoms with Gasteiger partial charge in [0, 0.05) is 30.4 Å². The summed E-state index contributed by atoms with van der Waals surface area (Å²) in [6.07, 6.45) is -0.710. The molecule has 1 aliphatic heterocycles. The highest BCUT2D eigenvalue weighted by molar-refractivity contribution is 6.09.